The van der Waals surface area contributed by atoms with Crippen LogP contribution in [0.25, 0.3) is 11.3 Å². The number of nitrogens with zero attached hydrogens (tertiary/aromatic N) is 2. The molecule has 1 fully saturated rings. The molecule has 1 saturated heterocycles. The second-order valence-corrected chi connectivity index (χ2v) is 7.29. The lowest BCUT2D eigenvalue weighted by Crippen LogP contribution is -2.31. The van der Waals surface area contributed by atoms with Gasteiger partial charge in [-0.15, -0.1) is 0 Å². The Labute approximate surface area is 165 Å². The van der Waals surface area contributed by atoms with E-state index in [1.165, 1.54) is 5.56 Å². The van der Waals surface area contributed by atoms with E-state index in [0.29, 0.717) is 24.3 Å². The van der Waals surface area contributed by atoms with Crippen LogP contribution in [0.15, 0.2) is 60.8 Å². The zero-order valence-electron chi connectivity index (χ0n) is 16.1. The largest absolute Gasteiger partial charge is 0.376 e. The Morgan fingerprint density at radius 1 is 1.18 bits per heavy atom. The summed E-state index contributed by atoms with van der Waals surface area (Å²) in [5, 5.41) is 7.75. The van der Waals surface area contributed by atoms with Gasteiger partial charge in [-0.05, 0) is 25.3 Å². The van der Waals surface area contributed by atoms with Gasteiger partial charge in [0.2, 0.25) is 0 Å². The number of amides is 1. The summed E-state index contributed by atoms with van der Waals surface area (Å²) in [6.45, 7) is 3.99. The topological polar surface area (TPSA) is 56.2 Å². The van der Waals surface area contributed by atoms with E-state index in [-0.39, 0.29) is 12.0 Å². The van der Waals surface area contributed by atoms with Crippen molar-refractivity contribution in [3.63, 3.8) is 0 Å². The number of ether oxygens (including phenoxy) is 1. The van der Waals surface area contributed by atoms with Crippen LogP contribution in [0.2, 0.25) is 0 Å². The molecule has 0 bridgehead atoms. The highest BCUT2D eigenvalue weighted by atomic mass is 16.5. The third kappa shape index (κ3) is 4.31. The van der Waals surface area contributed by atoms with Gasteiger partial charge in [-0.2, -0.15) is 5.10 Å². The number of aromatic nitrogens is 2. The van der Waals surface area contributed by atoms with Crippen LogP contribution in [0, 0.1) is 6.92 Å². The number of aryl methyl sites for hydroxylation is 1. The first kappa shape index (κ1) is 18.4. The summed E-state index contributed by atoms with van der Waals surface area (Å²) >= 11 is 0. The van der Waals surface area contributed by atoms with Crippen molar-refractivity contribution >= 4 is 5.91 Å². The summed E-state index contributed by atoms with van der Waals surface area (Å²) in [4.78, 5) is 12.9. The minimum atomic E-state index is -0.106. The Bertz CT molecular complexity index is 926. The Balaban J connectivity index is 1.60. The van der Waals surface area contributed by atoms with Gasteiger partial charge in [0.1, 0.15) is 5.69 Å². The van der Waals surface area contributed by atoms with E-state index in [4.69, 9.17) is 9.84 Å². The first-order valence-electron chi connectivity index (χ1n) is 9.77. The molecule has 1 aliphatic rings. The molecule has 1 aliphatic heterocycles. The van der Waals surface area contributed by atoms with Crippen molar-refractivity contribution in [1.29, 1.82) is 0 Å². The summed E-state index contributed by atoms with van der Waals surface area (Å²) in [6.07, 6.45) is 4.02. The molecule has 0 unspecified atom stereocenters. The normalized spacial score (nSPS) is 16.2. The molecule has 0 saturated carbocycles. The smallest absolute Gasteiger partial charge is 0.255 e. The monoisotopic (exact) mass is 375 g/mol. The first-order valence-corrected chi connectivity index (χ1v) is 9.77. The second kappa shape index (κ2) is 8.40. The van der Waals surface area contributed by atoms with Gasteiger partial charge in [0.25, 0.3) is 5.91 Å². The molecule has 1 atom stereocenters. The summed E-state index contributed by atoms with van der Waals surface area (Å²) in [6, 6.07) is 18.2. The van der Waals surface area contributed by atoms with Crippen LogP contribution < -0.4 is 5.32 Å². The van der Waals surface area contributed by atoms with E-state index >= 15 is 0 Å². The highest BCUT2D eigenvalue weighted by molar-refractivity contribution is 5.99. The predicted octanol–water partition coefficient (Wildman–Crippen LogP) is 3.82. The highest BCUT2D eigenvalue weighted by Gasteiger charge is 2.21. The molecule has 5 nitrogen and oxygen atoms in total. The Morgan fingerprint density at radius 2 is 1.96 bits per heavy atom. The van der Waals surface area contributed by atoms with E-state index in [0.717, 1.165) is 30.6 Å². The van der Waals surface area contributed by atoms with E-state index in [9.17, 15) is 4.79 Å². The molecule has 28 heavy (non-hydrogen) atoms. The van der Waals surface area contributed by atoms with Crippen LogP contribution in [-0.4, -0.2) is 34.9 Å². The van der Waals surface area contributed by atoms with Crippen LogP contribution in [0.5, 0.6) is 0 Å². The third-order valence-electron chi connectivity index (χ3n) is 5.03. The van der Waals surface area contributed by atoms with Crippen molar-refractivity contribution in [3.8, 4) is 11.3 Å². The van der Waals surface area contributed by atoms with E-state index in [1.807, 2.05) is 60.3 Å². The van der Waals surface area contributed by atoms with Crippen LogP contribution in [0.4, 0.5) is 0 Å². The van der Waals surface area contributed by atoms with Gasteiger partial charge in [0.15, 0.2) is 0 Å². The Kier molecular flexibility index (Phi) is 5.53. The zero-order chi connectivity index (χ0) is 19.3. The lowest BCUT2D eigenvalue weighted by Gasteiger charge is -2.10. The lowest BCUT2D eigenvalue weighted by molar-refractivity contribution is 0.0858. The van der Waals surface area contributed by atoms with Gasteiger partial charge in [0, 0.05) is 24.9 Å². The number of rotatable bonds is 6. The maximum absolute atomic E-state index is 12.9. The molecule has 2 aromatic carbocycles. The zero-order valence-corrected chi connectivity index (χ0v) is 16.1. The molecule has 0 spiro atoms. The highest BCUT2D eigenvalue weighted by Crippen LogP contribution is 2.23. The minimum Gasteiger partial charge on any atom is -0.376 e. The summed E-state index contributed by atoms with van der Waals surface area (Å²) in [5.74, 6) is -0.106. The fraction of sp³-hybridized carbons (Fsp3) is 0.304. The molecular weight excluding hydrogens is 350 g/mol. The van der Waals surface area contributed by atoms with Gasteiger partial charge < -0.3 is 10.1 Å². The lowest BCUT2D eigenvalue weighted by atomic mass is 10.1. The van der Waals surface area contributed by atoms with Crippen molar-refractivity contribution in [3.05, 3.63) is 77.5 Å². The van der Waals surface area contributed by atoms with Gasteiger partial charge >= 0.3 is 0 Å². The minimum absolute atomic E-state index is 0.106. The molecule has 0 radical (unpaired) electrons. The third-order valence-corrected chi connectivity index (χ3v) is 5.03. The summed E-state index contributed by atoms with van der Waals surface area (Å²) in [7, 11) is 0. The molecular formula is C23H25N3O2. The maximum atomic E-state index is 12.9. The number of carbonyl (C=O) groups excluding carboxylic acids is 1. The van der Waals surface area contributed by atoms with E-state index < -0.39 is 0 Å². The van der Waals surface area contributed by atoms with Crippen molar-refractivity contribution < 1.29 is 9.53 Å². The molecule has 0 aliphatic carbocycles. The van der Waals surface area contributed by atoms with Crippen LogP contribution in [-0.2, 0) is 11.3 Å². The molecule has 4 rings (SSSR count). The average molecular weight is 375 g/mol. The number of nitrogens with one attached hydrogen (secondary N) is 1. The SMILES string of the molecule is Cc1ccc(-c2nn(Cc3ccccc3)cc2C(=O)NC[C@@H]2CCCO2)cc1. The molecule has 2 heterocycles. The fourth-order valence-corrected chi connectivity index (χ4v) is 3.47. The van der Waals surface area contributed by atoms with Gasteiger partial charge in [-0.1, -0.05) is 60.2 Å². The summed E-state index contributed by atoms with van der Waals surface area (Å²) < 4.78 is 7.45. The quantitative estimate of drug-likeness (QED) is 0.713. The number of hydrogen-bond acceptors (Lipinski definition) is 3. The molecule has 144 valence electrons. The Morgan fingerprint density at radius 3 is 2.68 bits per heavy atom. The fourth-order valence-electron chi connectivity index (χ4n) is 3.47. The van der Waals surface area contributed by atoms with Gasteiger partial charge in [-0.3, -0.25) is 9.48 Å². The van der Waals surface area contributed by atoms with Crippen molar-refractivity contribution in [2.75, 3.05) is 13.2 Å². The van der Waals surface area contributed by atoms with Gasteiger partial charge in [0.05, 0.1) is 18.2 Å². The molecule has 1 N–H and O–H groups in total. The number of hydrogen-bond donors (Lipinski definition) is 1. The first-order chi connectivity index (χ1) is 13.7. The van der Waals surface area contributed by atoms with Gasteiger partial charge in [-0.25, -0.2) is 0 Å². The number of carbonyl (C=O) groups is 1. The van der Waals surface area contributed by atoms with Crippen molar-refractivity contribution in [2.45, 2.75) is 32.4 Å². The molecule has 1 aromatic heterocycles. The standard InChI is InChI=1S/C23H25N3O2/c1-17-9-11-19(12-10-17)22-21(23(27)24-14-20-8-5-13-28-20)16-26(25-22)15-18-6-3-2-4-7-18/h2-4,6-7,9-12,16,20H,5,8,13-15H2,1H3,(H,24,27)/t20-/m0/s1. The number of benzene rings is 2. The van der Waals surface area contributed by atoms with E-state index in [2.05, 4.69) is 17.4 Å². The molecule has 5 heteroatoms. The maximum Gasteiger partial charge on any atom is 0.255 e. The second-order valence-electron chi connectivity index (χ2n) is 7.29. The Hall–Kier alpha value is -2.92. The predicted molar refractivity (Wildman–Crippen MR) is 109 cm³/mol. The molecule has 1 amide bonds. The summed E-state index contributed by atoms with van der Waals surface area (Å²) in [5.41, 5.74) is 4.57. The van der Waals surface area contributed by atoms with Crippen molar-refractivity contribution in [2.24, 2.45) is 0 Å². The van der Waals surface area contributed by atoms with Crippen LogP contribution in [0.3, 0.4) is 0 Å². The van der Waals surface area contributed by atoms with Crippen molar-refractivity contribution in [1.82, 2.24) is 15.1 Å². The molecule has 3 aromatic rings. The van der Waals surface area contributed by atoms with Crippen LogP contribution in [0.1, 0.15) is 34.3 Å². The average Bonchev–Trinajstić information content (AvgIpc) is 3.38. The van der Waals surface area contributed by atoms with Crippen LogP contribution >= 0.6 is 0 Å². The van der Waals surface area contributed by atoms with E-state index in [1.54, 1.807) is 0 Å².